The van der Waals surface area contributed by atoms with Crippen molar-refractivity contribution in [2.24, 2.45) is 5.92 Å². The van der Waals surface area contributed by atoms with Crippen LogP contribution in [0.3, 0.4) is 0 Å². The smallest absolute Gasteiger partial charge is 0.143 e. The molecule has 2 N–H and O–H groups in total. The van der Waals surface area contributed by atoms with Gasteiger partial charge in [-0.15, -0.1) is 0 Å². The van der Waals surface area contributed by atoms with Gasteiger partial charge in [0.2, 0.25) is 0 Å². The van der Waals surface area contributed by atoms with Crippen LogP contribution in [0.5, 0.6) is 5.75 Å². The first-order valence-corrected chi connectivity index (χ1v) is 10.8. The number of ether oxygens (including phenoxy) is 2. The summed E-state index contributed by atoms with van der Waals surface area (Å²) in [5.41, 5.74) is 1.67. The molecule has 6 nitrogen and oxygen atoms in total. The van der Waals surface area contributed by atoms with Crippen molar-refractivity contribution in [1.29, 1.82) is 0 Å². The molecule has 4 heterocycles. The first kappa shape index (κ1) is 18.1. The highest BCUT2D eigenvalue weighted by molar-refractivity contribution is 5.88. The number of rotatable bonds is 4. The van der Waals surface area contributed by atoms with Gasteiger partial charge in [-0.1, -0.05) is 18.2 Å². The van der Waals surface area contributed by atoms with Gasteiger partial charge in [0, 0.05) is 38.7 Å². The molecule has 0 spiro atoms. The lowest BCUT2D eigenvalue weighted by atomic mass is 9.75. The predicted molar refractivity (Wildman–Crippen MR) is 114 cm³/mol. The number of halogens is 1. The van der Waals surface area contributed by atoms with Crippen LogP contribution in [0.2, 0.25) is 0 Å². The van der Waals surface area contributed by atoms with Crippen molar-refractivity contribution in [1.82, 2.24) is 15.0 Å². The van der Waals surface area contributed by atoms with Crippen LogP contribution in [0.4, 0.5) is 10.2 Å². The minimum Gasteiger partial charge on any atom is -0.493 e. The third-order valence-corrected chi connectivity index (χ3v) is 6.82. The molecule has 0 amide bonds. The molecule has 3 aromatic rings. The molecule has 6 rings (SSSR count). The molecule has 0 unspecified atom stereocenters. The summed E-state index contributed by atoms with van der Waals surface area (Å²) in [5, 5.41) is 4.55. The normalized spacial score (nSPS) is 25.5. The number of anilines is 1. The average Bonchev–Trinajstić information content (AvgIpc) is 3.53. The summed E-state index contributed by atoms with van der Waals surface area (Å²) < 4.78 is 27.5. The van der Waals surface area contributed by atoms with Crippen LogP contribution in [0.25, 0.3) is 11.0 Å². The molecule has 30 heavy (non-hydrogen) atoms. The highest BCUT2D eigenvalue weighted by atomic mass is 19.1. The third-order valence-electron chi connectivity index (χ3n) is 6.82. The molecule has 1 saturated heterocycles. The quantitative estimate of drug-likeness (QED) is 0.649. The van der Waals surface area contributed by atoms with Gasteiger partial charge in [0.15, 0.2) is 0 Å². The van der Waals surface area contributed by atoms with E-state index in [1.54, 1.807) is 6.33 Å². The Morgan fingerprint density at radius 2 is 2.00 bits per heavy atom. The molecule has 2 fully saturated rings. The molecule has 3 aliphatic rings. The second-order valence-corrected chi connectivity index (χ2v) is 8.71. The first-order chi connectivity index (χ1) is 14.7. The van der Waals surface area contributed by atoms with Crippen LogP contribution in [-0.2, 0) is 4.74 Å². The lowest BCUT2D eigenvalue weighted by molar-refractivity contribution is -0.0629. The maximum absolute atomic E-state index is 16.1. The Bertz CT molecular complexity index is 1080. The first-order valence-electron chi connectivity index (χ1n) is 10.8. The number of alkyl halides is 1. The van der Waals surface area contributed by atoms with Gasteiger partial charge in [-0.05, 0) is 30.9 Å². The van der Waals surface area contributed by atoms with Crippen molar-refractivity contribution < 1.29 is 15.3 Å². The van der Waals surface area contributed by atoms with Crippen molar-refractivity contribution in [3.8, 4) is 5.75 Å². The van der Waals surface area contributed by atoms with Gasteiger partial charge in [-0.3, -0.25) is 0 Å². The number of benzene rings is 1. The zero-order valence-electron chi connectivity index (χ0n) is 16.7. The highest BCUT2D eigenvalue weighted by Crippen LogP contribution is 2.47. The molecule has 1 saturated carbocycles. The Labute approximate surface area is 175 Å². The van der Waals surface area contributed by atoms with Crippen LogP contribution in [0.15, 0.2) is 36.7 Å². The van der Waals surface area contributed by atoms with Crippen molar-refractivity contribution in [2.45, 2.75) is 43.3 Å². The fourth-order valence-corrected chi connectivity index (χ4v) is 4.91. The second-order valence-electron chi connectivity index (χ2n) is 8.71. The van der Waals surface area contributed by atoms with Crippen LogP contribution in [-0.4, -0.2) is 40.4 Å². The van der Waals surface area contributed by atoms with E-state index in [-0.39, 0.29) is 13.4 Å². The molecule has 1 aromatic carbocycles. The Hall–Kier alpha value is -2.67. The van der Waals surface area contributed by atoms with E-state index in [0.29, 0.717) is 38.6 Å². The third kappa shape index (κ3) is 3.03. The topological polar surface area (TPSA) is 72.1 Å². The molecule has 2 aliphatic heterocycles. The number of fused-ring (bicyclic) bond motifs is 2. The van der Waals surface area contributed by atoms with Gasteiger partial charge in [-0.2, -0.15) is 0 Å². The minimum absolute atomic E-state index is 0. The van der Waals surface area contributed by atoms with E-state index in [1.807, 2.05) is 24.3 Å². The number of hydrogen-bond donors (Lipinski definition) is 2. The molecule has 0 bridgehead atoms. The molecule has 0 radical (unpaired) electrons. The lowest BCUT2D eigenvalue weighted by Crippen LogP contribution is -2.48. The van der Waals surface area contributed by atoms with Gasteiger partial charge in [0.05, 0.1) is 24.0 Å². The van der Waals surface area contributed by atoms with Crippen LogP contribution in [0.1, 0.15) is 50.3 Å². The SMILES string of the molecule is FC1([C@H]2COc3ccccc3[C@@H]2Nc2ncnc3[nH]c(C4CC4)cc23)CCOCC1.[HH]. The summed E-state index contributed by atoms with van der Waals surface area (Å²) in [6.07, 6.45) is 4.76. The van der Waals surface area contributed by atoms with E-state index in [0.717, 1.165) is 28.2 Å². The Balaban J connectivity index is 0.00000204. The summed E-state index contributed by atoms with van der Waals surface area (Å²) in [6.45, 7) is 1.23. The summed E-state index contributed by atoms with van der Waals surface area (Å²) in [7, 11) is 0. The van der Waals surface area contributed by atoms with Crippen molar-refractivity contribution in [2.75, 3.05) is 25.1 Å². The van der Waals surface area contributed by atoms with Gasteiger partial charge in [-0.25, -0.2) is 14.4 Å². The van der Waals surface area contributed by atoms with E-state index < -0.39 is 5.67 Å². The molecular weight excluding hydrogens is 383 g/mol. The van der Waals surface area contributed by atoms with E-state index in [9.17, 15) is 0 Å². The predicted octanol–water partition coefficient (Wildman–Crippen LogP) is 4.76. The van der Waals surface area contributed by atoms with E-state index in [2.05, 4.69) is 26.3 Å². The largest absolute Gasteiger partial charge is 0.493 e. The maximum atomic E-state index is 16.1. The summed E-state index contributed by atoms with van der Waals surface area (Å²) in [4.78, 5) is 12.4. The zero-order valence-corrected chi connectivity index (χ0v) is 16.7. The summed E-state index contributed by atoms with van der Waals surface area (Å²) >= 11 is 0. The molecule has 7 heteroatoms. The zero-order chi connectivity index (χ0) is 20.1. The minimum atomic E-state index is -1.34. The van der Waals surface area contributed by atoms with Crippen LogP contribution >= 0.6 is 0 Å². The molecule has 1 aliphatic carbocycles. The highest BCUT2D eigenvalue weighted by Gasteiger charge is 2.48. The molecule has 2 atom stereocenters. The monoisotopic (exact) mass is 410 g/mol. The fourth-order valence-electron chi connectivity index (χ4n) is 4.91. The Kier molecular flexibility index (Phi) is 4.19. The maximum Gasteiger partial charge on any atom is 0.143 e. The number of para-hydroxylation sites is 1. The van der Waals surface area contributed by atoms with Gasteiger partial charge < -0.3 is 19.8 Å². The number of nitrogens with zero attached hydrogens (tertiary/aromatic N) is 2. The van der Waals surface area contributed by atoms with E-state index >= 15 is 4.39 Å². The van der Waals surface area contributed by atoms with Crippen LogP contribution < -0.4 is 10.1 Å². The van der Waals surface area contributed by atoms with Gasteiger partial charge in [0.25, 0.3) is 0 Å². The number of nitrogens with one attached hydrogen (secondary N) is 2. The van der Waals surface area contributed by atoms with Crippen molar-refractivity contribution in [3.05, 3.63) is 47.9 Å². The van der Waals surface area contributed by atoms with Gasteiger partial charge in [0.1, 0.15) is 29.2 Å². The molecular formula is C23H27FN4O2. The summed E-state index contributed by atoms with van der Waals surface area (Å²) in [6, 6.07) is 9.81. The number of aromatic amines is 1. The molecule has 2 aromatic heterocycles. The van der Waals surface area contributed by atoms with E-state index in [1.165, 1.54) is 18.5 Å². The Morgan fingerprint density at radius 3 is 2.83 bits per heavy atom. The average molecular weight is 410 g/mol. The lowest BCUT2D eigenvalue weighted by Gasteiger charge is -2.44. The van der Waals surface area contributed by atoms with Crippen LogP contribution in [0, 0.1) is 5.92 Å². The second kappa shape index (κ2) is 6.94. The summed E-state index contributed by atoms with van der Waals surface area (Å²) in [5.74, 6) is 1.81. The van der Waals surface area contributed by atoms with E-state index in [4.69, 9.17) is 9.47 Å². The fraction of sp³-hybridized carbons (Fsp3) is 0.478. The standard InChI is InChI=1S/C23H25FN4O2.H2/c24-23(7-9-29-10-8-23)17-12-30-19-4-2-1-3-15(19)20(17)28-22-16-11-18(14-5-6-14)27-21(16)25-13-26-22;/h1-4,11,13-14,17,20H,5-10,12H2,(H2,25,26,27,28);1H/t17-,20-;/m0./s1. The van der Waals surface area contributed by atoms with Crippen molar-refractivity contribution >= 4 is 16.9 Å². The number of H-pyrrole nitrogens is 1. The Morgan fingerprint density at radius 1 is 1.17 bits per heavy atom. The van der Waals surface area contributed by atoms with Gasteiger partial charge >= 0.3 is 0 Å². The number of hydrogen-bond acceptors (Lipinski definition) is 5. The van der Waals surface area contributed by atoms with Crippen molar-refractivity contribution in [3.63, 3.8) is 0 Å². The number of aromatic nitrogens is 3. The molecule has 158 valence electrons.